The van der Waals surface area contributed by atoms with Gasteiger partial charge in [-0.1, -0.05) is 6.07 Å². The highest BCUT2D eigenvalue weighted by Gasteiger charge is 2.20. The van der Waals surface area contributed by atoms with Gasteiger partial charge >= 0.3 is 0 Å². The molecule has 0 saturated heterocycles. The van der Waals surface area contributed by atoms with Crippen LogP contribution in [0.1, 0.15) is 16.5 Å². The molecule has 2 aromatic rings. The lowest BCUT2D eigenvalue weighted by molar-refractivity contribution is 0.516. The SMILES string of the molecule is N[C@H](c1cccs1)c1c(F)cc(F)cc1F. The van der Waals surface area contributed by atoms with Crippen LogP contribution in [0.4, 0.5) is 13.2 Å². The molecule has 1 atom stereocenters. The maximum absolute atomic E-state index is 13.4. The second kappa shape index (κ2) is 4.27. The minimum absolute atomic E-state index is 0.302. The molecule has 0 aliphatic rings. The molecule has 5 heteroatoms. The van der Waals surface area contributed by atoms with Crippen LogP contribution in [-0.4, -0.2) is 0 Å². The van der Waals surface area contributed by atoms with E-state index in [2.05, 4.69) is 0 Å². The van der Waals surface area contributed by atoms with Crippen molar-refractivity contribution in [3.63, 3.8) is 0 Å². The van der Waals surface area contributed by atoms with Gasteiger partial charge in [-0.15, -0.1) is 11.3 Å². The van der Waals surface area contributed by atoms with Crippen LogP contribution in [0.25, 0.3) is 0 Å². The average molecular weight is 243 g/mol. The van der Waals surface area contributed by atoms with Crippen molar-refractivity contribution in [1.29, 1.82) is 0 Å². The van der Waals surface area contributed by atoms with E-state index < -0.39 is 23.5 Å². The van der Waals surface area contributed by atoms with Crippen molar-refractivity contribution in [2.75, 3.05) is 0 Å². The summed E-state index contributed by atoms with van der Waals surface area (Å²) in [7, 11) is 0. The summed E-state index contributed by atoms with van der Waals surface area (Å²) in [5, 5.41) is 1.76. The average Bonchev–Trinajstić information content (AvgIpc) is 2.67. The van der Waals surface area contributed by atoms with Crippen LogP contribution in [0.5, 0.6) is 0 Å². The summed E-state index contributed by atoms with van der Waals surface area (Å²) in [6.07, 6.45) is 0. The molecule has 0 aliphatic carbocycles. The fourth-order valence-electron chi connectivity index (χ4n) is 1.46. The van der Waals surface area contributed by atoms with Crippen LogP contribution in [0, 0.1) is 17.5 Å². The van der Waals surface area contributed by atoms with E-state index in [0.29, 0.717) is 17.0 Å². The summed E-state index contributed by atoms with van der Waals surface area (Å²) in [6.45, 7) is 0. The van der Waals surface area contributed by atoms with Gasteiger partial charge in [-0.05, 0) is 11.4 Å². The summed E-state index contributed by atoms with van der Waals surface area (Å²) < 4.78 is 39.5. The molecule has 0 amide bonds. The van der Waals surface area contributed by atoms with Gasteiger partial charge in [0.2, 0.25) is 0 Å². The van der Waals surface area contributed by atoms with Gasteiger partial charge in [0.15, 0.2) is 0 Å². The number of hydrogen-bond acceptors (Lipinski definition) is 2. The molecule has 84 valence electrons. The lowest BCUT2D eigenvalue weighted by Gasteiger charge is -2.12. The third-order valence-electron chi connectivity index (χ3n) is 2.20. The highest BCUT2D eigenvalue weighted by molar-refractivity contribution is 7.10. The molecule has 2 rings (SSSR count). The molecule has 0 aliphatic heterocycles. The lowest BCUT2D eigenvalue weighted by Crippen LogP contribution is -2.14. The lowest BCUT2D eigenvalue weighted by atomic mass is 10.0. The molecule has 1 aromatic heterocycles. The minimum atomic E-state index is -0.960. The number of thiophene rings is 1. The molecule has 0 fully saturated rings. The van der Waals surface area contributed by atoms with Crippen LogP contribution >= 0.6 is 11.3 Å². The first-order valence-electron chi connectivity index (χ1n) is 4.53. The second-order valence-electron chi connectivity index (χ2n) is 3.28. The molecule has 0 bridgehead atoms. The maximum atomic E-state index is 13.4. The van der Waals surface area contributed by atoms with E-state index in [0.717, 1.165) is 0 Å². The standard InChI is InChI=1S/C11H8F3NS/c12-6-4-7(13)10(8(14)5-6)11(15)9-2-1-3-16-9/h1-5,11H,15H2/t11-/m1/s1. The van der Waals surface area contributed by atoms with Crippen molar-refractivity contribution in [3.8, 4) is 0 Å². The predicted molar refractivity (Wildman–Crippen MR) is 56.7 cm³/mol. The van der Waals surface area contributed by atoms with Crippen LogP contribution in [-0.2, 0) is 0 Å². The first kappa shape index (κ1) is 11.2. The summed E-state index contributed by atoms with van der Waals surface area (Å²) >= 11 is 1.30. The second-order valence-corrected chi connectivity index (χ2v) is 4.26. The zero-order chi connectivity index (χ0) is 11.7. The Morgan fingerprint density at radius 1 is 1.12 bits per heavy atom. The molecule has 1 aromatic carbocycles. The molecular formula is C11H8F3NS. The number of rotatable bonds is 2. The minimum Gasteiger partial charge on any atom is -0.319 e. The van der Waals surface area contributed by atoms with Crippen molar-refractivity contribution < 1.29 is 13.2 Å². The number of hydrogen-bond donors (Lipinski definition) is 1. The van der Waals surface area contributed by atoms with Crippen molar-refractivity contribution in [3.05, 3.63) is 57.5 Å². The molecule has 16 heavy (non-hydrogen) atoms. The zero-order valence-corrected chi connectivity index (χ0v) is 8.90. The quantitative estimate of drug-likeness (QED) is 0.861. The Hall–Kier alpha value is -1.33. The highest BCUT2D eigenvalue weighted by atomic mass is 32.1. The molecule has 1 nitrogen and oxygen atoms in total. The highest BCUT2D eigenvalue weighted by Crippen LogP contribution is 2.28. The third-order valence-corrected chi connectivity index (χ3v) is 3.16. The molecular weight excluding hydrogens is 235 g/mol. The molecule has 0 spiro atoms. The van der Waals surface area contributed by atoms with Gasteiger partial charge < -0.3 is 5.73 Å². The first-order valence-corrected chi connectivity index (χ1v) is 5.41. The molecule has 2 N–H and O–H groups in total. The van der Waals surface area contributed by atoms with E-state index >= 15 is 0 Å². The molecule has 0 radical (unpaired) electrons. The zero-order valence-electron chi connectivity index (χ0n) is 8.08. The third kappa shape index (κ3) is 1.96. The molecule has 1 heterocycles. The number of halogens is 3. The van der Waals surface area contributed by atoms with E-state index in [1.54, 1.807) is 17.5 Å². The fourth-order valence-corrected chi connectivity index (χ4v) is 2.20. The predicted octanol–water partition coefficient (Wildman–Crippen LogP) is 3.21. The first-order chi connectivity index (χ1) is 7.59. The largest absolute Gasteiger partial charge is 0.319 e. The van der Waals surface area contributed by atoms with Gasteiger partial charge in [-0.25, -0.2) is 13.2 Å². The fraction of sp³-hybridized carbons (Fsp3) is 0.0909. The van der Waals surface area contributed by atoms with Crippen molar-refractivity contribution >= 4 is 11.3 Å². The van der Waals surface area contributed by atoms with E-state index in [1.165, 1.54) is 11.3 Å². The van der Waals surface area contributed by atoms with E-state index in [-0.39, 0.29) is 5.56 Å². The summed E-state index contributed by atoms with van der Waals surface area (Å²) in [4.78, 5) is 0.629. The van der Waals surface area contributed by atoms with Gasteiger partial charge in [0.25, 0.3) is 0 Å². The Bertz CT molecular complexity index is 473. The maximum Gasteiger partial charge on any atom is 0.134 e. The Labute approximate surface area is 94.3 Å². The van der Waals surface area contributed by atoms with Crippen molar-refractivity contribution in [2.45, 2.75) is 6.04 Å². The van der Waals surface area contributed by atoms with Crippen LogP contribution < -0.4 is 5.73 Å². The monoisotopic (exact) mass is 243 g/mol. The summed E-state index contributed by atoms with van der Waals surface area (Å²) in [5.41, 5.74) is 5.42. The summed E-state index contributed by atoms with van der Waals surface area (Å²) in [5.74, 6) is -2.87. The van der Waals surface area contributed by atoms with Crippen molar-refractivity contribution in [2.24, 2.45) is 5.73 Å². The number of benzene rings is 1. The smallest absolute Gasteiger partial charge is 0.134 e. The van der Waals surface area contributed by atoms with Gasteiger partial charge in [0.05, 0.1) is 6.04 Å². The van der Waals surface area contributed by atoms with E-state index in [1.807, 2.05) is 0 Å². The van der Waals surface area contributed by atoms with Crippen LogP contribution in [0.2, 0.25) is 0 Å². The van der Waals surface area contributed by atoms with Gasteiger partial charge in [-0.3, -0.25) is 0 Å². The Morgan fingerprint density at radius 2 is 1.75 bits per heavy atom. The molecule has 0 unspecified atom stereocenters. The Kier molecular flexibility index (Phi) is 2.98. The van der Waals surface area contributed by atoms with Crippen molar-refractivity contribution in [1.82, 2.24) is 0 Å². The Morgan fingerprint density at radius 3 is 2.25 bits per heavy atom. The Balaban J connectivity index is 2.48. The van der Waals surface area contributed by atoms with E-state index in [9.17, 15) is 13.2 Å². The van der Waals surface area contributed by atoms with Crippen LogP contribution in [0.15, 0.2) is 29.6 Å². The normalized spacial score (nSPS) is 12.8. The van der Waals surface area contributed by atoms with E-state index in [4.69, 9.17) is 5.73 Å². The van der Waals surface area contributed by atoms with Gasteiger partial charge in [0.1, 0.15) is 17.5 Å². The molecule has 0 saturated carbocycles. The van der Waals surface area contributed by atoms with Gasteiger partial charge in [0, 0.05) is 22.6 Å². The summed E-state index contributed by atoms with van der Waals surface area (Å²) in [6, 6.07) is 3.77. The number of nitrogens with two attached hydrogens (primary N) is 1. The topological polar surface area (TPSA) is 26.0 Å². The van der Waals surface area contributed by atoms with Gasteiger partial charge in [-0.2, -0.15) is 0 Å². The van der Waals surface area contributed by atoms with Crippen LogP contribution in [0.3, 0.4) is 0 Å².